The molecule has 4 atom stereocenters. The number of anilines is 1. The number of nitrogens with two attached hydrogens (primary N) is 1. The van der Waals surface area contributed by atoms with Gasteiger partial charge in [0.05, 0.1) is 6.33 Å². The molecule has 0 bridgehead atoms. The van der Waals surface area contributed by atoms with Gasteiger partial charge in [-0.25, -0.2) is 15.0 Å². The van der Waals surface area contributed by atoms with Crippen LogP contribution < -0.4 is 11.1 Å². The minimum absolute atomic E-state index is 0.0134. The van der Waals surface area contributed by atoms with E-state index < -0.39 is 6.04 Å². The van der Waals surface area contributed by atoms with Gasteiger partial charge in [-0.05, 0) is 43.9 Å². The molecule has 168 valence electrons. The SMILES string of the molecule is C[C@@H]1C[C@@H](C(=O)NC2CCCC(C)(C)C2)N(C(=O)Cn2cnc3c(N)ncnc32)[C@@H]1C. The van der Waals surface area contributed by atoms with E-state index >= 15 is 0 Å². The van der Waals surface area contributed by atoms with Crippen LogP contribution in [0.15, 0.2) is 12.7 Å². The van der Waals surface area contributed by atoms with Crippen LogP contribution >= 0.6 is 0 Å². The zero-order chi connectivity index (χ0) is 22.3. The predicted molar refractivity (Wildman–Crippen MR) is 118 cm³/mol. The summed E-state index contributed by atoms with van der Waals surface area (Å²) in [5.74, 6) is 0.388. The lowest BCUT2D eigenvalue weighted by Gasteiger charge is -2.37. The average Bonchev–Trinajstić information content (AvgIpc) is 3.23. The van der Waals surface area contributed by atoms with Crippen LogP contribution in [0.1, 0.15) is 59.8 Å². The van der Waals surface area contributed by atoms with Gasteiger partial charge in [0.15, 0.2) is 11.5 Å². The topological polar surface area (TPSA) is 119 Å². The molecule has 1 saturated heterocycles. The Balaban J connectivity index is 1.50. The number of carbonyl (C=O) groups is 2. The van der Waals surface area contributed by atoms with Crippen molar-refractivity contribution >= 4 is 28.8 Å². The van der Waals surface area contributed by atoms with Gasteiger partial charge in [-0.1, -0.05) is 27.2 Å². The highest BCUT2D eigenvalue weighted by atomic mass is 16.2. The van der Waals surface area contributed by atoms with Crippen molar-refractivity contribution in [1.29, 1.82) is 0 Å². The van der Waals surface area contributed by atoms with Gasteiger partial charge in [0.25, 0.3) is 0 Å². The summed E-state index contributed by atoms with van der Waals surface area (Å²) >= 11 is 0. The van der Waals surface area contributed by atoms with Crippen LogP contribution in [0.25, 0.3) is 11.2 Å². The molecule has 2 fully saturated rings. The minimum atomic E-state index is -0.447. The number of aromatic nitrogens is 4. The Morgan fingerprint density at radius 3 is 2.77 bits per heavy atom. The molecule has 2 aliphatic rings. The fourth-order valence-corrected chi connectivity index (χ4v) is 5.22. The van der Waals surface area contributed by atoms with E-state index in [1.165, 1.54) is 12.7 Å². The van der Waals surface area contributed by atoms with Crippen molar-refractivity contribution in [3.63, 3.8) is 0 Å². The molecule has 2 aromatic rings. The number of imidazole rings is 1. The predicted octanol–water partition coefficient (Wildman–Crippen LogP) is 2.12. The van der Waals surface area contributed by atoms with Crippen LogP contribution in [0.2, 0.25) is 0 Å². The Hall–Kier alpha value is -2.71. The molecule has 4 rings (SSSR count). The number of carbonyl (C=O) groups excluding carboxylic acids is 2. The van der Waals surface area contributed by atoms with E-state index in [1.807, 2.05) is 6.92 Å². The van der Waals surface area contributed by atoms with E-state index in [9.17, 15) is 9.59 Å². The van der Waals surface area contributed by atoms with Crippen molar-refractivity contribution in [2.24, 2.45) is 11.3 Å². The Bertz CT molecular complexity index is 985. The molecule has 1 saturated carbocycles. The number of amides is 2. The van der Waals surface area contributed by atoms with Crippen LogP contribution in [0.5, 0.6) is 0 Å². The normalized spacial score (nSPS) is 28.1. The van der Waals surface area contributed by atoms with Gasteiger partial charge in [0.2, 0.25) is 11.8 Å². The molecule has 0 spiro atoms. The molecule has 2 aromatic heterocycles. The lowest BCUT2D eigenvalue weighted by Crippen LogP contribution is -2.52. The molecule has 31 heavy (non-hydrogen) atoms. The zero-order valence-electron chi connectivity index (χ0n) is 18.8. The third-order valence-corrected chi connectivity index (χ3v) is 7.07. The minimum Gasteiger partial charge on any atom is -0.382 e. The lowest BCUT2D eigenvalue weighted by molar-refractivity contribution is -0.141. The summed E-state index contributed by atoms with van der Waals surface area (Å²) in [5.41, 5.74) is 7.10. The highest BCUT2D eigenvalue weighted by Crippen LogP contribution is 2.36. The third-order valence-electron chi connectivity index (χ3n) is 7.07. The number of fused-ring (bicyclic) bond motifs is 1. The quantitative estimate of drug-likeness (QED) is 0.771. The van der Waals surface area contributed by atoms with Crippen molar-refractivity contribution in [1.82, 2.24) is 29.7 Å². The monoisotopic (exact) mass is 427 g/mol. The summed E-state index contributed by atoms with van der Waals surface area (Å²) in [5, 5.41) is 3.25. The van der Waals surface area contributed by atoms with E-state index in [1.54, 1.807) is 15.8 Å². The maximum absolute atomic E-state index is 13.3. The third kappa shape index (κ3) is 4.22. The van der Waals surface area contributed by atoms with Crippen molar-refractivity contribution < 1.29 is 9.59 Å². The van der Waals surface area contributed by atoms with E-state index in [0.717, 1.165) is 19.3 Å². The van der Waals surface area contributed by atoms with Crippen molar-refractivity contribution in [2.75, 3.05) is 5.73 Å². The molecule has 1 unspecified atom stereocenters. The van der Waals surface area contributed by atoms with Gasteiger partial charge in [-0.2, -0.15) is 0 Å². The first-order valence-electron chi connectivity index (χ1n) is 11.2. The molecule has 3 N–H and O–H groups in total. The number of likely N-dealkylation sites (tertiary alicyclic amines) is 1. The fraction of sp³-hybridized carbons (Fsp3) is 0.682. The smallest absolute Gasteiger partial charge is 0.243 e. The number of nitrogens with one attached hydrogen (secondary N) is 1. The van der Waals surface area contributed by atoms with E-state index in [2.05, 4.69) is 41.0 Å². The summed E-state index contributed by atoms with van der Waals surface area (Å²) in [7, 11) is 0. The highest BCUT2D eigenvalue weighted by Gasteiger charge is 2.43. The largest absolute Gasteiger partial charge is 0.382 e. The number of rotatable bonds is 4. The molecule has 1 aliphatic carbocycles. The van der Waals surface area contributed by atoms with Gasteiger partial charge in [-0.15, -0.1) is 0 Å². The van der Waals surface area contributed by atoms with E-state index in [4.69, 9.17) is 5.73 Å². The summed E-state index contributed by atoms with van der Waals surface area (Å²) in [6.07, 6.45) is 7.88. The van der Waals surface area contributed by atoms with Crippen molar-refractivity contribution in [3.05, 3.63) is 12.7 Å². The Labute approximate surface area is 182 Å². The van der Waals surface area contributed by atoms with E-state index in [-0.39, 0.29) is 47.6 Å². The van der Waals surface area contributed by atoms with Crippen molar-refractivity contribution in [3.8, 4) is 0 Å². The molecular formula is C22H33N7O2. The number of nitrogen functional groups attached to an aromatic ring is 1. The van der Waals surface area contributed by atoms with Crippen LogP contribution in [0, 0.1) is 11.3 Å². The summed E-state index contributed by atoms with van der Waals surface area (Å²) in [4.78, 5) is 40.7. The second-order valence-corrected chi connectivity index (χ2v) is 10.0. The zero-order valence-corrected chi connectivity index (χ0v) is 18.8. The maximum Gasteiger partial charge on any atom is 0.243 e. The van der Waals surface area contributed by atoms with Crippen LogP contribution in [-0.2, 0) is 16.1 Å². The number of hydrogen-bond donors (Lipinski definition) is 2. The van der Waals surface area contributed by atoms with Crippen LogP contribution in [0.3, 0.4) is 0 Å². The standard InChI is InChI=1S/C22H33N7O2/c1-13-8-16(21(31)27-15-6-5-7-22(3,4)9-15)29(14(13)2)17(30)10-28-12-26-18-19(23)24-11-25-20(18)28/h11-16H,5-10H2,1-4H3,(H,27,31)(H2,23,24,25)/t13-,14-,15?,16+/m1/s1. The van der Waals surface area contributed by atoms with Crippen LogP contribution in [0.4, 0.5) is 5.82 Å². The molecule has 0 aromatic carbocycles. The van der Waals surface area contributed by atoms with Gasteiger partial charge in [0, 0.05) is 12.1 Å². The molecule has 2 amide bonds. The fourth-order valence-electron chi connectivity index (χ4n) is 5.22. The van der Waals surface area contributed by atoms with Gasteiger partial charge in [0.1, 0.15) is 24.4 Å². The highest BCUT2D eigenvalue weighted by molar-refractivity contribution is 5.89. The molecule has 1 aliphatic heterocycles. The first-order valence-corrected chi connectivity index (χ1v) is 11.2. The first-order chi connectivity index (χ1) is 14.7. The van der Waals surface area contributed by atoms with Gasteiger partial charge >= 0.3 is 0 Å². The van der Waals surface area contributed by atoms with Gasteiger partial charge in [-0.3, -0.25) is 9.59 Å². The second kappa shape index (κ2) is 8.09. The van der Waals surface area contributed by atoms with Crippen molar-refractivity contribution in [2.45, 2.75) is 84.5 Å². The first kappa shape index (κ1) is 21.5. The molecule has 9 heteroatoms. The summed E-state index contributed by atoms with van der Waals surface area (Å²) < 4.78 is 1.67. The molecular weight excluding hydrogens is 394 g/mol. The Morgan fingerprint density at radius 1 is 1.26 bits per heavy atom. The second-order valence-electron chi connectivity index (χ2n) is 10.0. The lowest BCUT2D eigenvalue weighted by atomic mass is 9.75. The summed E-state index contributed by atoms with van der Waals surface area (Å²) in [6.45, 7) is 8.69. The molecule has 0 radical (unpaired) electrons. The average molecular weight is 428 g/mol. The molecule has 9 nitrogen and oxygen atoms in total. The number of hydrogen-bond acceptors (Lipinski definition) is 6. The van der Waals surface area contributed by atoms with Gasteiger partial charge < -0.3 is 20.5 Å². The maximum atomic E-state index is 13.3. The summed E-state index contributed by atoms with van der Waals surface area (Å²) in [6, 6.07) is -0.283. The van der Waals surface area contributed by atoms with E-state index in [0.29, 0.717) is 17.6 Å². The molecule has 3 heterocycles. The Kier molecular flexibility index (Phi) is 5.61. The Morgan fingerprint density at radius 2 is 2.03 bits per heavy atom. The number of nitrogens with zero attached hydrogens (tertiary/aromatic N) is 5. The van der Waals surface area contributed by atoms with Crippen LogP contribution in [-0.4, -0.2) is 54.4 Å².